The number of H-pyrrole nitrogens is 1. The van der Waals surface area contributed by atoms with Crippen LogP contribution in [0.25, 0.3) is 22.4 Å². The second kappa shape index (κ2) is 4.89. The highest BCUT2D eigenvalue weighted by atomic mass is 35.5. The first-order chi connectivity index (χ1) is 9.58. The molecule has 0 radical (unpaired) electrons. The largest absolute Gasteiger partial charge is 0.496 e. The van der Waals surface area contributed by atoms with E-state index in [0.717, 1.165) is 16.6 Å². The molecule has 0 fully saturated rings. The minimum atomic E-state index is 0.458. The lowest BCUT2D eigenvalue weighted by atomic mass is 10.1. The molecule has 0 bridgehead atoms. The Bertz CT molecular complexity index is 798. The highest BCUT2D eigenvalue weighted by Crippen LogP contribution is 2.35. The van der Waals surface area contributed by atoms with Crippen molar-refractivity contribution in [2.24, 2.45) is 0 Å². The molecule has 0 atom stereocenters. The molecule has 0 unspecified atom stereocenters. The molecular weight excluding hydrogens is 297 g/mol. The Morgan fingerprint density at radius 2 is 2.00 bits per heavy atom. The number of nitrogen functional groups attached to an aromatic ring is 1. The smallest absolute Gasteiger partial charge is 0.142 e. The molecule has 3 N–H and O–H groups in total. The highest BCUT2D eigenvalue weighted by molar-refractivity contribution is 6.33. The number of aromatic amines is 1. The molecule has 0 saturated carbocycles. The Hall–Kier alpha value is -1.91. The number of fused-ring (bicyclic) bond motifs is 1. The van der Waals surface area contributed by atoms with Crippen LogP contribution in [-0.2, 0) is 0 Å². The first-order valence-electron chi connectivity index (χ1n) is 5.87. The van der Waals surface area contributed by atoms with E-state index in [0.29, 0.717) is 27.3 Å². The van der Waals surface area contributed by atoms with Gasteiger partial charge in [-0.2, -0.15) is 0 Å². The molecular formula is C14H11Cl2N3O. The van der Waals surface area contributed by atoms with E-state index in [1.54, 1.807) is 25.3 Å². The Balaban J connectivity index is 2.22. The second-order valence-corrected chi connectivity index (χ2v) is 5.16. The van der Waals surface area contributed by atoms with Crippen molar-refractivity contribution in [3.8, 4) is 17.1 Å². The maximum atomic E-state index is 6.07. The first kappa shape index (κ1) is 13.1. The van der Waals surface area contributed by atoms with Gasteiger partial charge in [-0.15, -0.1) is 0 Å². The summed E-state index contributed by atoms with van der Waals surface area (Å²) in [4.78, 5) is 7.71. The normalized spacial score (nSPS) is 10.9. The molecule has 0 aliphatic heterocycles. The Kier molecular flexibility index (Phi) is 3.20. The van der Waals surface area contributed by atoms with E-state index in [2.05, 4.69) is 9.97 Å². The van der Waals surface area contributed by atoms with E-state index in [9.17, 15) is 0 Å². The average molecular weight is 308 g/mol. The van der Waals surface area contributed by atoms with Crippen LogP contribution in [0.2, 0.25) is 10.0 Å². The topological polar surface area (TPSA) is 63.9 Å². The van der Waals surface area contributed by atoms with Crippen molar-refractivity contribution in [2.45, 2.75) is 0 Å². The zero-order chi connectivity index (χ0) is 14.3. The lowest BCUT2D eigenvalue weighted by Crippen LogP contribution is -1.93. The molecule has 20 heavy (non-hydrogen) atoms. The van der Waals surface area contributed by atoms with Crippen molar-refractivity contribution in [3.05, 3.63) is 40.4 Å². The van der Waals surface area contributed by atoms with Crippen LogP contribution in [0.1, 0.15) is 0 Å². The number of methoxy groups -OCH3 is 1. The van der Waals surface area contributed by atoms with Gasteiger partial charge in [0.1, 0.15) is 11.6 Å². The summed E-state index contributed by atoms with van der Waals surface area (Å²) in [6.07, 6.45) is 0. The van der Waals surface area contributed by atoms with Gasteiger partial charge in [-0.3, -0.25) is 0 Å². The summed E-state index contributed by atoms with van der Waals surface area (Å²) in [6.45, 7) is 0. The maximum absolute atomic E-state index is 6.07. The van der Waals surface area contributed by atoms with Crippen molar-refractivity contribution in [3.63, 3.8) is 0 Å². The van der Waals surface area contributed by atoms with Crippen LogP contribution in [0, 0.1) is 0 Å². The number of hydrogen-bond acceptors (Lipinski definition) is 3. The molecule has 6 heteroatoms. The quantitative estimate of drug-likeness (QED) is 0.700. The van der Waals surface area contributed by atoms with Crippen molar-refractivity contribution < 1.29 is 4.74 Å². The van der Waals surface area contributed by atoms with Gasteiger partial charge in [-0.1, -0.05) is 23.2 Å². The number of nitrogens with one attached hydrogen (secondary N) is 1. The summed E-state index contributed by atoms with van der Waals surface area (Å²) in [5, 5.41) is 1.11. The number of nitrogens with two attached hydrogens (primary N) is 1. The van der Waals surface area contributed by atoms with Gasteiger partial charge in [0, 0.05) is 11.1 Å². The van der Waals surface area contributed by atoms with E-state index >= 15 is 0 Å². The SMILES string of the molecule is COc1cc(N)c(Cl)cc1-c1nc2ccc(Cl)cc2[nH]1. The maximum Gasteiger partial charge on any atom is 0.142 e. The molecule has 4 nitrogen and oxygen atoms in total. The highest BCUT2D eigenvalue weighted by Gasteiger charge is 2.13. The van der Waals surface area contributed by atoms with Gasteiger partial charge >= 0.3 is 0 Å². The van der Waals surface area contributed by atoms with E-state index in [-0.39, 0.29) is 0 Å². The average Bonchev–Trinajstić information content (AvgIpc) is 2.84. The summed E-state index contributed by atoms with van der Waals surface area (Å²) >= 11 is 12.0. The number of rotatable bonds is 2. The van der Waals surface area contributed by atoms with Crippen molar-refractivity contribution in [1.82, 2.24) is 9.97 Å². The Morgan fingerprint density at radius 3 is 2.75 bits per heavy atom. The molecule has 2 aromatic carbocycles. The van der Waals surface area contributed by atoms with Gasteiger partial charge in [-0.25, -0.2) is 4.98 Å². The van der Waals surface area contributed by atoms with E-state index in [1.807, 2.05) is 12.1 Å². The van der Waals surface area contributed by atoms with Crippen LogP contribution in [0.15, 0.2) is 30.3 Å². The summed E-state index contributed by atoms with van der Waals surface area (Å²) in [7, 11) is 1.58. The number of benzene rings is 2. The monoisotopic (exact) mass is 307 g/mol. The first-order valence-corrected chi connectivity index (χ1v) is 6.62. The Labute approximate surface area is 125 Å². The molecule has 0 saturated heterocycles. The minimum absolute atomic E-state index is 0.458. The minimum Gasteiger partial charge on any atom is -0.496 e. The summed E-state index contributed by atoms with van der Waals surface area (Å²) < 4.78 is 5.33. The summed E-state index contributed by atoms with van der Waals surface area (Å²) in [6, 6.07) is 8.87. The molecule has 1 aromatic heterocycles. The predicted octanol–water partition coefficient (Wildman–Crippen LogP) is 4.13. The van der Waals surface area contributed by atoms with Crippen LogP contribution in [-0.4, -0.2) is 17.1 Å². The van der Waals surface area contributed by atoms with Crippen LogP contribution in [0.3, 0.4) is 0 Å². The van der Waals surface area contributed by atoms with Gasteiger partial charge in [0.25, 0.3) is 0 Å². The van der Waals surface area contributed by atoms with Crippen molar-refractivity contribution in [2.75, 3.05) is 12.8 Å². The molecule has 1 heterocycles. The standard InChI is InChI=1S/C14H11Cl2N3O/c1-20-13-6-10(17)9(16)5-8(13)14-18-11-3-2-7(15)4-12(11)19-14/h2-6H,17H2,1H3,(H,18,19). The van der Waals surface area contributed by atoms with Crippen molar-refractivity contribution >= 4 is 39.9 Å². The number of aromatic nitrogens is 2. The summed E-state index contributed by atoms with van der Waals surface area (Å²) in [5.74, 6) is 1.26. The molecule has 0 aliphatic carbocycles. The lowest BCUT2D eigenvalue weighted by molar-refractivity contribution is 0.416. The van der Waals surface area contributed by atoms with E-state index in [1.165, 1.54) is 0 Å². The van der Waals surface area contributed by atoms with Crippen LogP contribution in [0.4, 0.5) is 5.69 Å². The predicted molar refractivity (Wildman–Crippen MR) is 82.5 cm³/mol. The number of imidazole rings is 1. The molecule has 3 rings (SSSR count). The number of ether oxygens (including phenoxy) is 1. The van der Waals surface area contributed by atoms with Gasteiger partial charge in [0.05, 0.1) is 34.4 Å². The zero-order valence-corrected chi connectivity index (χ0v) is 12.1. The zero-order valence-electron chi connectivity index (χ0n) is 10.6. The van der Waals surface area contributed by atoms with Gasteiger partial charge in [-0.05, 0) is 24.3 Å². The van der Waals surface area contributed by atoms with E-state index in [4.69, 9.17) is 33.7 Å². The molecule has 0 spiro atoms. The Morgan fingerprint density at radius 1 is 1.20 bits per heavy atom. The van der Waals surface area contributed by atoms with E-state index < -0.39 is 0 Å². The van der Waals surface area contributed by atoms with Gasteiger partial charge < -0.3 is 15.5 Å². The number of halogens is 2. The lowest BCUT2D eigenvalue weighted by Gasteiger charge is -2.08. The fraction of sp³-hybridized carbons (Fsp3) is 0.0714. The third kappa shape index (κ3) is 2.17. The molecule has 0 aliphatic rings. The van der Waals surface area contributed by atoms with Crippen LogP contribution >= 0.6 is 23.2 Å². The van der Waals surface area contributed by atoms with Crippen molar-refractivity contribution in [1.29, 1.82) is 0 Å². The van der Waals surface area contributed by atoms with Gasteiger partial charge in [0.2, 0.25) is 0 Å². The number of anilines is 1. The molecule has 3 aromatic rings. The van der Waals surface area contributed by atoms with Crippen LogP contribution < -0.4 is 10.5 Å². The number of nitrogens with zero attached hydrogens (tertiary/aromatic N) is 1. The third-order valence-corrected chi connectivity index (χ3v) is 3.58. The number of hydrogen-bond donors (Lipinski definition) is 2. The van der Waals surface area contributed by atoms with Gasteiger partial charge in [0.15, 0.2) is 0 Å². The summed E-state index contributed by atoms with van der Waals surface area (Å²) in [5.41, 5.74) is 8.66. The van der Waals surface area contributed by atoms with Crippen LogP contribution in [0.5, 0.6) is 5.75 Å². The second-order valence-electron chi connectivity index (χ2n) is 4.32. The molecule has 102 valence electrons. The fourth-order valence-electron chi connectivity index (χ4n) is 2.03. The molecule has 0 amide bonds. The fourth-order valence-corrected chi connectivity index (χ4v) is 2.37. The third-order valence-electron chi connectivity index (χ3n) is 3.02.